The highest BCUT2D eigenvalue weighted by Gasteiger charge is 2.22. The van der Waals surface area contributed by atoms with Gasteiger partial charge in [-0.15, -0.1) is 0 Å². The summed E-state index contributed by atoms with van der Waals surface area (Å²) in [6.07, 6.45) is 3.47. The minimum absolute atomic E-state index is 0.0269. The monoisotopic (exact) mass is 407 g/mol. The van der Waals surface area contributed by atoms with Crippen molar-refractivity contribution in [2.24, 2.45) is 0 Å². The summed E-state index contributed by atoms with van der Waals surface area (Å²) in [5.74, 6) is 0.722. The van der Waals surface area contributed by atoms with Gasteiger partial charge in [-0.05, 0) is 37.5 Å². The van der Waals surface area contributed by atoms with Crippen LogP contribution in [-0.2, 0) is 14.6 Å². The molecule has 1 amide bonds. The molecule has 2 aromatic rings. The standard InChI is InChI=1S/C20H29N3O4S/c1-14-8-7-9-18(15(14)2)16(3)19-21-10-11-23(19)17(4)27-20(24)22(5)12-13-28(6,25)26/h7-11,16-17H,12-13H2,1-6H3. The zero-order valence-electron chi connectivity index (χ0n) is 17.3. The molecule has 0 fully saturated rings. The molecule has 0 radical (unpaired) electrons. The van der Waals surface area contributed by atoms with Crippen molar-refractivity contribution in [2.75, 3.05) is 25.6 Å². The van der Waals surface area contributed by atoms with Gasteiger partial charge in [-0.3, -0.25) is 4.57 Å². The lowest BCUT2D eigenvalue weighted by molar-refractivity contribution is 0.0430. The quantitative estimate of drug-likeness (QED) is 0.703. The number of amides is 1. The number of hydrogen-bond donors (Lipinski definition) is 0. The number of hydrogen-bond acceptors (Lipinski definition) is 5. The summed E-state index contributed by atoms with van der Waals surface area (Å²) >= 11 is 0. The van der Waals surface area contributed by atoms with Gasteiger partial charge in [0.2, 0.25) is 0 Å². The molecule has 154 valence electrons. The Morgan fingerprint density at radius 2 is 1.96 bits per heavy atom. The van der Waals surface area contributed by atoms with Crippen molar-refractivity contribution in [1.29, 1.82) is 0 Å². The summed E-state index contributed by atoms with van der Waals surface area (Å²) in [5.41, 5.74) is 3.61. The number of nitrogens with zero attached hydrogens (tertiary/aromatic N) is 3. The SMILES string of the molecule is Cc1cccc(C(C)c2nccn2C(C)OC(=O)N(C)CCS(C)(=O)=O)c1C. The fourth-order valence-corrected chi connectivity index (χ4v) is 3.64. The van der Waals surface area contributed by atoms with Gasteiger partial charge in [-0.2, -0.15) is 0 Å². The highest BCUT2D eigenvalue weighted by Crippen LogP contribution is 2.29. The Hall–Kier alpha value is -2.35. The van der Waals surface area contributed by atoms with Crippen molar-refractivity contribution >= 4 is 15.9 Å². The Balaban J connectivity index is 2.14. The predicted octanol–water partition coefficient (Wildman–Crippen LogP) is 3.28. The first-order valence-corrected chi connectivity index (χ1v) is 11.3. The average molecular weight is 408 g/mol. The van der Waals surface area contributed by atoms with Crippen LogP contribution in [0, 0.1) is 13.8 Å². The van der Waals surface area contributed by atoms with Gasteiger partial charge < -0.3 is 9.64 Å². The number of aryl methyl sites for hydroxylation is 1. The van der Waals surface area contributed by atoms with Crippen LogP contribution in [0.25, 0.3) is 0 Å². The second kappa shape index (κ2) is 8.77. The largest absolute Gasteiger partial charge is 0.425 e. The normalized spacial score (nSPS) is 13.8. The maximum atomic E-state index is 12.3. The van der Waals surface area contributed by atoms with E-state index < -0.39 is 22.2 Å². The van der Waals surface area contributed by atoms with E-state index in [1.54, 1.807) is 19.3 Å². The second-order valence-electron chi connectivity index (χ2n) is 7.24. The molecule has 0 N–H and O–H groups in total. The summed E-state index contributed by atoms with van der Waals surface area (Å²) < 4.78 is 29.9. The van der Waals surface area contributed by atoms with Crippen molar-refractivity contribution < 1.29 is 17.9 Å². The molecule has 2 unspecified atom stereocenters. The molecular weight excluding hydrogens is 378 g/mol. The minimum Gasteiger partial charge on any atom is -0.425 e. The van der Waals surface area contributed by atoms with E-state index in [0.29, 0.717) is 0 Å². The van der Waals surface area contributed by atoms with Crippen molar-refractivity contribution in [1.82, 2.24) is 14.5 Å². The average Bonchev–Trinajstić information content (AvgIpc) is 3.10. The fraction of sp³-hybridized carbons (Fsp3) is 0.500. The van der Waals surface area contributed by atoms with Crippen LogP contribution in [0.5, 0.6) is 0 Å². The predicted molar refractivity (Wildman–Crippen MR) is 109 cm³/mol. The number of aromatic nitrogens is 2. The van der Waals surface area contributed by atoms with Crippen LogP contribution < -0.4 is 0 Å². The Morgan fingerprint density at radius 3 is 2.61 bits per heavy atom. The summed E-state index contributed by atoms with van der Waals surface area (Å²) in [6.45, 7) is 8.10. The van der Waals surface area contributed by atoms with Crippen molar-refractivity contribution in [3.8, 4) is 0 Å². The minimum atomic E-state index is -3.15. The van der Waals surface area contributed by atoms with E-state index in [2.05, 4.69) is 37.9 Å². The lowest BCUT2D eigenvalue weighted by Gasteiger charge is -2.24. The summed E-state index contributed by atoms with van der Waals surface area (Å²) in [4.78, 5) is 18.0. The van der Waals surface area contributed by atoms with Crippen molar-refractivity contribution in [3.63, 3.8) is 0 Å². The molecule has 2 atom stereocenters. The third-order valence-corrected chi connectivity index (χ3v) is 5.90. The molecule has 28 heavy (non-hydrogen) atoms. The van der Waals surface area contributed by atoms with E-state index in [1.165, 1.54) is 28.6 Å². The van der Waals surface area contributed by atoms with Crippen LogP contribution in [0.3, 0.4) is 0 Å². The highest BCUT2D eigenvalue weighted by molar-refractivity contribution is 7.90. The molecule has 0 saturated carbocycles. The van der Waals surface area contributed by atoms with Gasteiger partial charge >= 0.3 is 6.09 Å². The second-order valence-corrected chi connectivity index (χ2v) is 9.50. The molecule has 8 heteroatoms. The summed E-state index contributed by atoms with van der Waals surface area (Å²) in [7, 11) is -1.62. The number of imidazole rings is 1. The lowest BCUT2D eigenvalue weighted by Crippen LogP contribution is -2.33. The number of benzene rings is 1. The van der Waals surface area contributed by atoms with Crippen LogP contribution in [0.1, 0.15) is 48.5 Å². The van der Waals surface area contributed by atoms with Gasteiger partial charge in [0, 0.05) is 38.2 Å². The Labute approximate surface area is 167 Å². The number of carbonyl (C=O) groups is 1. The third kappa shape index (κ3) is 5.34. The van der Waals surface area contributed by atoms with Crippen LogP contribution >= 0.6 is 0 Å². The summed E-state index contributed by atoms with van der Waals surface area (Å²) in [6, 6.07) is 6.19. The zero-order chi connectivity index (χ0) is 21.1. The van der Waals surface area contributed by atoms with Gasteiger partial charge in [-0.1, -0.05) is 25.1 Å². The van der Waals surface area contributed by atoms with E-state index in [9.17, 15) is 13.2 Å². The molecule has 0 bridgehead atoms. The first-order valence-electron chi connectivity index (χ1n) is 9.19. The first kappa shape index (κ1) is 21.9. The Kier molecular flexibility index (Phi) is 6.87. The molecule has 0 aliphatic rings. The molecular formula is C20H29N3O4S. The molecule has 0 spiro atoms. The van der Waals surface area contributed by atoms with Gasteiger partial charge in [0.1, 0.15) is 15.7 Å². The van der Waals surface area contributed by atoms with E-state index in [1.807, 2.05) is 10.6 Å². The fourth-order valence-electron chi connectivity index (χ4n) is 3.04. The van der Waals surface area contributed by atoms with Gasteiger partial charge in [-0.25, -0.2) is 18.2 Å². The summed E-state index contributed by atoms with van der Waals surface area (Å²) in [5, 5.41) is 0. The molecule has 7 nitrogen and oxygen atoms in total. The molecule has 0 aliphatic heterocycles. The Morgan fingerprint density at radius 1 is 1.29 bits per heavy atom. The van der Waals surface area contributed by atoms with E-state index in [-0.39, 0.29) is 18.2 Å². The van der Waals surface area contributed by atoms with Gasteiger partial charge in [0.05, 0.1) is 5.75 Å². The first-order chi connectivity index (χ1) is 13.0. The molecule has 1 aromatic heterocycles. The van der Waals surface area contributed by atoms with Crippen LogP contribution in [-0.4, -0.2) is 54.6 Å². The zero-order valence-corrected chi connectivity index (χ0v) is 18.2. The third-order valence-electron chi connectivity index (χ3n) is 4.97. The number of sulfone groups is 1. The van der Waals surface area contributed by atoms with E-state index in [4.69, 9.17) is 4.74 Å². The van der Waals surface area contributed by atoms with Crippen LogP contribution in [0.2, 0.25) is 0 Å². The number of carbonyl (C=O) groups excluding carboxylic acids is 1. The van der Waals surface area contributed by atoms with E-state index >= 15 is 0 Å². The smallest absolute Gasteiger partial charge is 0.411 e. The van der Waals surface area contributed by atoms with Crippen LogP contribution in [0.15, 0.2) is 30.6 Å². The van der Waals surface area contributed by atoms with Crippen molar-refractivity contribution in [3.05, 3.63) is 53.1 Å². The van der Waals surface area contributed by atoms with Crippen molar-refractivity contribution in [2.45, 2.75) is 39.8 Å². The van der Waals surface area contributed by atoms with Crippen LogP contribution in [0.4, 0.5) is 4.79 Å². The lowest BCUT2D eigenvalue weighted by atomic mass is 9.93. The van der Waals surface area contributed by atoms with Gasteiger partial charge in [0.15, 0.2) is 6.23 Å². The number of ether oxygens (including phenoxy) is 1. The topological polar surface area (TPSA) is 81.5 Å². The maximum absolute atomic E-state index is 12.3. The molecule has 2 rings (SSSR count). The maximum Gasteiger partial charge on any atom is 0.411 e. The number of rotatable bonds is 7. The molecule has 0 saturated heterocycles. The molecule has 1 aromatic carbocycles. The molecule has 1 heterocycles. The Bertz CT molecular complexity index is 937. The highest BCUT2D eigenvalue weighted by atomic mass is 32.2. The van der Waals surface area contributed by atoms with Gasteiger partial charge in [0.25, 0.3) is 0 Å². The van der Waals surface area contributed by atoms with E-state index in [0.717, 1.165) is 12.1 Å². The molecule has 0 aliphatic carbocycles.